The van der Waals surface area contributed by atoms with Gasteiger partial charge in [-0.1, -0.05) is 6.07 Å². The molecule has 96 valence electrons. The lowest BCUT2D eigenvalue weighted by Crippen LogP contribution is -2.16. The van der Waals surface area contributed by atoms with Crippen LogP contribution in [0.3, 0.4) is 0 Å². The second-order valence-corrected chi connectivity index (χ2v) is 4.28. The van der Waals surface area contributed by atoms with Crippen LogP contribution in [0.15, 0.2) is 24.5 Å². The SMILES string of the molecule is Cc1ccc(F)cc1CNCCCc1ncn[nH]1. The first-order valence-corrected chi connectivity index (χ1v) is 6.05. The fourth-order valence-electron chi connectivity index (χ4n) is 1.79. The number of nitrogens with one attached hydrogen (secondary N) is 2. The predicted octanol–water partition coefficient (Wildman–Crippen LogP) is 1.97. The summed E-state index contributed by atoms with van der Waals surface area (Å²) in [4.78, 5) is 4.05. The number of rotatable bonds is 6. The molecule has 1 aromatic heterocycles. The van der Waals surface area contributed by atoms with Gasteiger partial charge in [-0.2, -0.15) is 5.10 Å². The third-order valence-corrected chi connectivity index (χ3v) is 2.86. The number of hydrogen-bond acceptors (Lipinski definition) is 3. The van der Waals surface area contributed by atoms with Gasteiger partial charge < -0.3 is 5.32 Å². The zero-order valence-corrected chi connectivity index (χ0v) is 10.4. The number of hydrogen-bond donors (Lipinski definition) is 2. The van der Waals surface area contributed by atoms with Gasteiger partial charge in [-0.15, -0.1) is 0 Å². The summed E-state index contributed by atoms with van der Waals surface area (Å²) in [6, 6.07) is 4.88. The van der Waals surface area contributed by atoms with Crippen LogP contribution in [0.5, 0.6) is 0 Å². The lowest BCUT2D eigenvalue weighted by Gasteiger charge is -2.07. The van der Waals surface area contributed by atoms with Crippen molar-refractivity contribution in [1.82, 2.24) is 20.5 Å². The Bertz CT molecular complexity index is 482. The summed E-state index contributed by atoms with van der Waals surface area (Å²) in [5.74, 6) is 0.720. The van der Waals surface area contributed by atoms with Gasteiger partial charge >= 0.3 is 0 Å². The molecular formula is C13H17FN4. The topological polar surface area (TPSA) is 53.6 Å². The van der Waals surface area contributed by atoms with Crippen molar-refractivity contribution in [1.29, 1.82) is 0 Å². The van der Waals surface area contributed by atoms with Crippen LogP contribution in [0, 0.1) is 12.7 Å². The number of H-pyrrole nitrogens is 1. The maximum absolute atomic E-state index is 13.1. The Hall–Kier alpha value is -1.75. The van der Waals surface area contributed by atoms with E-state index in [0.717, 1.165) is 36.3 Å². The number of aryl methyl sites for hydroxylation is 2. The summed E-state index contributed by atoms with van der Waals surface area (Å²) in [5.41, 5.74) is 2.12. The standard InChI is InChI=1S/C13H17FN4/c1-10-4-5-12(14)7-11(10)8-15-6-2-3-13-16-9-17-18-13/h4-5,7,9,15H,2-3,6,8H2,1H3,(H,16,17,18). The van der Waals surface area contributed by atoms with E-state index in [9.17, 15) is 4.39 Å². The van der Waals surface area contributed by atoms with Gasteiger partial charge in [0.15, 0.2) is 0 Å². The van der Waals surface area contributed by atoms with Crippen LogP contribution in [0.1, 0.15) is 23.4 Å². The minimum atomic E-state index is -0.181. The summed E-state index contributed by atoms with van der Waals surface area (Å²) in [5, 5.41) is 9.92. The maximum atomic E-state index is 13.1. The lowest BCUT2D eigenvalue weighted by molar-refractivity contribution is 0.612. The van der Waals surface area contributed by atoms with E-state index in [1.54, 1.807) is 12.1 Å². The Morgan fingerprint density at radius 2 is 2.28 bits per heavy atom. The normalized spacial score (nSPS) is 10.8. The minimum absolute atomic E-state index is 0.181. The van der Waals surface area contributed by atoms with Crippen LogP contribution in [-0.4, -0.2) is 21.7 Å². The molecule has 18 heavy (non-hydrogen) atoms. The zero-order chi connectivity index (χ0) is 12.8. The average molecular weight is 248 g/mol. The molecule has 0 aliphatic carbocycles. The monoisotopic (exact) mass is 248 g/mol. The highest BCUT2D eigenvalue weighted by molar-refractivity contribution is 5.26. The molecule has 0 aliphatic rings. The minimum Gasteiger partial charge on any atom is -0.313 e. The molecule has 0 spiro atoms. The summed E-state index contributed by atoms with van der Waals surface area (Å²) < 4.78 is 13.1. The summed E-state index contributed by atoms with van der Waals surface area (Å²) in [6.45, 7) is 3.56. The van der Waals surface area contributed by atoms with E-state index in [0.29, 0.717) is 6.54 Å². The van der Waals surface area contributed by atoms with Crippen molar-refractivity contribution in [3.05, 3.63) is 47.3 Å². The molecule has 0 amide bonds. The van der Waals surface area contributed by atoms with Gasteiger partial charge in [-0.05, 0) is 43.1 Å². The highest BCUT2D eigenvalue weighted by Gasteiger charge is 2.00. The van der Waals surface area contributed by atoms with Gasteiger partial charge in [0.1, 0.15) is 18.0 Å². The highest BCUT2D eigenvalue weighted by atomic mass is 19.1. The van der Waals surface area contributed by atoms with Crippen molar-refractivity contribution in [2.75, 3.05) is 6.54 Å². The Balaban J connectivity index is 1.70. The van der Waals surface area contributed by atoms with E-state index in [1.165, 1.54) is 12.4 Å². The Morgan fingerprint density at radius 1 is 1.39 bits per heavy atom. The number of aromatic amines is 1. The molecule has 0 saturated carbocycles. The fourth-order valence-corrected chi connectivity index (χ4v) is 1.79. The largest absolute Gasteiger partial charge is 0.313 e. The van der Waals surface area contributed by atoms with Gasteiger partial charge in [0.25, 0.3) is 0 Å². The first-order valence-electron chi connectivity index (χ1n) is 6.05. The van der Waals surface area contributed by atoms with E-state index in [1.807, 2.05) is 6.92 Å². The molecule has 0 aliphatic heterocycles. The van der Waals surface area contributed by atoms with Crippen LogP contribution in [0.2, 0.25) is 0 Å². The molecule has 0 bridgehead atoms. The van der Waals surface area contributed by atoms with Crippen LogP contribution in [-0.2, 0) is 13.0 Å². The lowest BCUT2D eigenvalue weighted by atomic mass is 10.1. The molecule has 1 heterocycles. The highest BCUT2D eigenvalue weighted by Crippen LogP contribution is 2.09. The maximum Gasteiger partial charge on any atom is 0.137 e. The predicted molar refractivity (Wildman–Crippen MR) is 67.5 cm³/mol. The van der Waals surface area contributed by atoms with Crippen molar-refractivity contribution in [3.63, 3.8) is 0 Å². The molecule has 0 atom stereocenters. The molecular weight excluding hydrogens is 231 g/mol. The van der Waals surface area contributed by atoms with Gasteiger partial charge in [-0.25, -0.2) is 9.37 Å². The molecule has 0 fully saturated rings. The van der Waals surface area contributed by atoms with Gasteiger partial charge in [0, 0.05) is 13.0 Å². The fraction of sp³-hybridized carbons (Fsp3) is 0.385. The summed E-state index contributed by atoms with van der Waals surface area (Å²) in [7, 11) is 0. The van der Waals surface area contributed by atoms with Crippen molar-refractivity contribution >= 4 is 0 Å². The molecule has 0 radical (unpaired) electrons. The van der Waals surface area contributed by atoms with Crippen molar-refractivity contribution in [2.24, 2.45) is 0 Å². The van der Waals surface area contributed by atoms with Gasteiger partial charge in [0.2, 0.25) is 0 Å². The molecule has 2 N–H and O–H groups in total. The quantitative estimate of drug-likeness (QED) is 0.768. The van der Waals surface area contributed by atoms with Gasteiger partial charge in [-0.3, -0.25) is 5.10 Å². The zero-order valence-electron chi connectivity index (χ0n) is 10.4. The third kappa shape index (κ3) is 3.63. The average Bonchev–Trinajstić information content (AvgIpc) is 2.86. The molecule has 0 saturated heterocycles. The summed E-state index contributed by atoms with van der Waals surface area (Å²) in [6.07, 6.45) is 3.36. The molecule has 4 nitrogen and oxygen atoms in total. The molecule has 0 unspecified atom stereocenters. The molecule has 2 aromatic rings. The first-order chi connectivity index (χ1) is 8.75. The molecule has 1 aromatic carbocycles. The third-order valence-electron chi connectivity index (χ3n) is 2.86. The van der Waals surface area contributed by atoms with Crippen molar-refractivity contribution in [3.8, 4) is 0 Å². The number of nitrogens with zero attached hydrogens (tertiary/aromatic N) is 2. The van der Waals surface area contributed by atoms with Gasteiger partial charge in [0.05, 0.1) is 0 Å². The smallest absolute Gasteiger partial charge is 0.137 e. The number of aromatic nitrogens is 3. The number of benzene rings is 1. The van der Waals surface area contributed by atoms with Crippen LogP contribution in [0.25, 0.3) is 0 Å². The van der Waals surface area contributed by atoms with Crippen LogP contribution >= 0.6 is 0 Å². The molecule has 5 heteroatoms. The van der Waals surface area contributed by atoms with Crippen molar-refractivity contribution < 1.29 is 4.39 Å². The Morgan fingerprint density at radius 3 is 3.06 bits per heavy atom. The van der Waals surface area contributed by atoms with Crippen molar-refractivity contribution in [2.45, 2.75) is 26.3 Å². The number of halogens is 1. The summed E-state index contributed by atoms with van der Waals surface area (Å²) >= 11 is 0. The van der Waals surface area contributed by atoms with E-state index in [2.05, 4.69) is 20.5 Å². The van der Waals surface area contributed by atoms with E-state index in [4.69, 9.17) is 0 Å². The Kier molecular flexibility index (Phi) is 4.41. The second kappa shape index (κ2) is 6.26. The van der Waals surface area contributed by atoms with Crippen LogP contribution in [0.4, 0.5) is 4.39 Å². The molecule has 2 rings (SSSR count). The Labute approximate surface area is 106 Å². The van der Waals surface area contributed by atoms with E-state index in [-0.39, 0.29) is 5.82 Å². The van der Waals surface area contributed by atoms with E-state index < -0.39 is 0 Å². The first kappa shape index (κ1) is 12.7. The second-order valence-electron chi connectivity index (χ2n) is 4.28. The van der Waals surface area contributed by atoms with Crippen LogP contribution < -0.4 is 5.32 Å². The van der Waals surface area contributed by atoms with E-state index >= 15 is 0 Å².